The summed E-state index contributed by atoms with van der Waals surface area (Å²) in [5, 5.41) is 34.5. The van der Waals surface area contributed by atoms with Gasteiger partial charge >= 0.3 is 33.1 Å². The Morgan fingerprint density at radius 1 is 1.10 bits per heavy atom. The molecule has 0 radical (unpaired) electrons. The number of hydrogen-bond donors (Lipinski definition) is 6. The average molecular weight is 316 g/mol. The van der Waals surface area contributed by atoms with E-state index in [1.165, 1.54) is 0 Å². The van der Waals surface area contributed by atoms with E-state index in [9.17, 15) is 18.9 Å². The molecule has 0 amide bonds. The quantitative estimate of drug-likeness (QED) is 0.199. The summed E-state index contributed by atoms with van der Waals surface area (Å²) in [5.41, 5.74) is -2.97. The highest BCUT2D eigenvalue weighted by Gasteiger charge is 2.48. The van der Waals surface area contributed by atoms with Gasteiger partial charge in [0.25, 0.3) is 0 Å². The molecule has 1 atom stereocenters. The molecule has 0 rings (SSSR count). The lowest BCUT2D eigenvalue weighted by Gasteiger charge is -2.27. The Hall–Kier alpha value is -1.50. The molecule has 0 fully saturated rings. The Morgan fingerprint density at radius 2 is 1.60 bits per heavy atom. The van der Waals surface area contributed by atoms with E-state index in [-0.39, 0.29) is 0 Å². The SMILES string of the molecule is O=C(O)CC(CC(=O)OP(=O)(O)O)(OB(O)O)C(=O)O. The highest BCUT2D eigenvalue weighted by Crippen LogP contribution is 2.37. The van der Waals surface area contributed by atoms with Crippen molar-refractivity contribution in [2.24, 2.45) is 0 Å². The van der Waals surface area contributed by atoms with Crippen molar-refractivity contribution >= 4 is 33.1 Å². The van der Waals surface area contributed by atoms with Crippen LogP contribution < -0.4 is 0 Å². The molecule has 0 heterocycles. The van der Waals surface area contributed by atoms with Gasteiger partial charge in [0.1, 0.15) is 0 Å². The Morgan fingerprint density at radius 3 is 1.90 bits per heavy atom. The Bertz CT molecular complexity index is 441. The zero-order valence-electron chi connectivity index (χ0n) is 9.57. The van der Waals surface area contributed by atoms with E-state index < -0.39 is 51.5 Å². The van der Waals surface area contributed by atoms with Crippen LogP contribution in [0.3, 0.4) is 0 Å². The van der Waals surface area contributed by atoms with Crippen molar-refractivity contribution in [3.8, 4) is 0 Å². The fraction of sp³-hybridized carbons (Fsp3) is 0.500. The largest absolute Gasteiger partial charge is 0.634 e. The maximum absolute atomic E-state index is 11.1. The fourth-order valence-corrected chi connectivity index (χ4v) is 1.52. The van der Waals surface area contributed by atoms with E-state index in [1.807, 2.05) is 0 Å². The van der Waals surface area contributed by atoms with Crippen molar-refractivity contribution in [3.05, 3.63) is 0 Å². The molecule has 0 aliphatic heterocycles. The minimum Gasteiger partial charge on any atom is -0.481 e. The molecule has 0 aromatic carbocycles. The van der Waals surface area contributed by atoms with Crippen LogP contribution in [0.5, 0.6) is 0 Å². The van der Waals surface area contributed by atoms with Crippen molar-refractivity contribution in [3.63, 3.8) is 0 Å². The fourth-order valence-electron chi connectivity index (χ4n) is 1.19. The topological polar surface area (TPSA) is 208 Å². The summed E-state index contributed by atoms with van der Waals surface area (Å²) >= 11 is 0. The summed E-state index contributed by atoms with van der Waals surface area (Å²) in [6, 6.07) is 0. The third kappa shape index (κ3) is 6.61. The molecule has 20 heavy (non-hydrogen) atoms. The van der Waals surface area contributed by atoms with Gasteiger partial charge in [0.05, 0.1) is 12.8 Å². The summed E-state index contributed by atoms with van der Waals surface area (Å²) in [6.07, 6.45) is -2.87. The maximum Gasteiger partial charge on any atom is 0.634 e. The van der Waals surface area contributed by atoms with Crippen molar-refractivity contribution in [2.45, 2.75) is 18.4 Å². The molecule has 0 aromatic heterocycles. The van der Waals surface area contributed by atoms with E-state index in [2.05, 4.69) is 9.18 Å². The number of carboxylic acids is 2. The van der Waals surface area contributed by atoms with Gasteiger partial charge in [0.15, 0.2) is 5.60 Å². The number of phosphoric acid groups is 1. The van der Waals surface area contributed by atoms with Crippen LogP contribution in [0.4, 0.5) is 0 Å². The third-order valence-corrected chi connectivity index (χ3v) is 2.25. The van der Waals surface area contributed by atoms with E-state index in [4.69, 9.17) is 30.0 Å². The number of carbonyl (C=O) groups is 3. The van der Waals surface area contributed by atoms with E-state index >= 15 is 0 Å². The van der Waals surface area contributed by atoms with E-state index in [0.29, 0.717) is 0 Å². The molecule has 0 spiro atoms. The second kappa shape index (κ2) is 6.79. The molecule has 0 aromatic rings. The summed E-state index contributed by atoms with van der Waals surface area (Å²) in [6.45, 7) is 0. The van der Waals surface area contributed by atoms with Crippen molar-refractivity contribution in [1.82, 2.24) is 0 Å². The first-order chi connectivity index (χ1) is 8.88. The number of rotatable bonds is 8. The van der Waals surface area contributed by atoms with Gasteiger partial charge in [-0.05, 0) is 0 Å². The van der Waals surface area contributed by atoms with Gasteiger partial charge in [-0.2, -0.15) is 0 Å². The van der Waals surface area contributed by atoms with Gasteiger partial charge in [-0.3, -0.25) is 19.4 Å². The summed E-state index contributed by atoms with van der Waals surface area (Å²) < 4.78 is 18.0. The van der Waals surface area contributed by atoms with E-state index in [0.717, 1.165) is 0 Å². The molecule has 0 aliphatic carbocycles. The number of phosphoric ester groups is 1. The van der Waals surface area contributed by atoms with E-state index in [1.54, 1.807) is 0 Å². The highest BCUT2D eigenvalue weighted by molar-refractivity contribution is 7.46. The lowest BCUT2D eigenvalue weighted by atomic mass is 9.93. The van der Waals surface area contributed by atoms with Crippen LogP contribution in [0.25, 0.3) is 0 Å². The van der Waals surface area contributed by atoms with Crippen molar-refractivity contribution in [1.29, 1.82) is 0 Å². The average Bonchev–Trinajstić information content (AvgIpc) is 2.10. The number of hydrogen-bond acceptors (Lipinski definition) is 8. The van der Waals surface area contributed by atoms with Crippen molar-refractivity contribution in [2.75, 3.05) is 0 Å². The van der Waals surface area contributed by atoms with Crippen LogP contribution >= 0.6 is 7.82 Å². The normalized spacial score (nSPS) is 14.2. The minimum atomic E-state index is -5.28. The first-order valence-corrected chi connectivity index (χ1v) is 6.18. The van der Waals surface area contributed by atoms with Gasteiger partial charge in [-0.25, -0.2) is 9.36 Å². The van der Waals surface area contributed by atoms with Crippen molar-refractivity contribution < 1.29 is 58.2 Å². The second-order valence-electron chi connectivity index (χ2n) is 3.44. The Kier molecular flexibility index (Phi) is 6.28. The minimum absolute atomic E-state index is 1.39. The van der Waals surface area contributed by atoms with Crippen LogP contribution in [-0.4, -0.2) is 60.9 Å². The predicted octanol–water partition coefficient (Wildman–Crippen LogP) is -2.70. The van der Waals surface area contributed by atoms with Gasteiger partial charge < -0.3 is 29.4 Å². The summed E-state index contributed by atoms with van der Waals surface area (Å²) in [7, 11) is -8.02. The van der Waals surface area contributed by atoms with Crippen LogP contribution in [0.2, 0.25) is 0 Å². The molecule has 0 bridgehead atoms. The number of carbonyl (C=O) groups excluding carboxylic acids is 1. The van der Waals surface area contributed by atoms with Gasteiger partial charge in [-0.1, -0.05) is 0 Å². The van der Waals surface area contributed by atoms with Gasteiger partial charge in [0, 0.05) is 0 Å². The monoisotopic (exact) mass is 316 g/mol. The molecule has 1 unspecified atom stereocenters. The molecule has 0 saturated carbocycles. The second-order valence-corrected chi connectivity index (χ2v) is 4.61. The molecule has 6 N–H and O–H groups in total. The van der Waals surface area contributed by atoms with Crippen LogP contribution in [0.1, 0.15) is 12.8 Å². The molecular formula is C6H10BO12P. The van der Waals surface area contributed by atoms with Gasteiger partial charge in [-0.15, -0.1) is 0 Å². The number of carboxylic acid groups (broad SMARTS) is 2. The third-order valence-electron chi connectivity index (χ3n) is 1.81. The lowest BCUT2D eigenvalue weighted by molar-refractivity contribution is -0.169. The summed E-state index contributed by atoms with van der Waals surface area (Å²) in [5.74, 6) is -5.66. The molecule has 0 aliphatic rings. The highest BCUT2D eigenvalue weighted by atomic mass is 31.2. The molecule has 0 saturated heterocycles. The molecule has 14 heteroatoms. The molecule has 12 nitrogen and oxygen atoms in total. The molecular weight excluding hydrogens is 306 g/mol. The zero-order valence-corrected chi connectivity index (χ0v) is 10.5. The van der Waals surface area contributed by atoms with Crippen LogP contribution in [0, 0.1) is 0 Å². The first-order valence-electron chi connectivity index (χ1n) is 4.65. The lowest BCUT2D eigenvalue weighted by Crippen LogP contribution is -2.49. The Labute approximate surface area is 111 Å². The van der Waals surface area contributed by atoms with Crippen LogP contribution in [-0.2, 0) is 28.1 Å². The first kappa shape index (κ1) is 18.5. The Balaban J connectivity index is 5.28. The number of aliphatic carboxylic acids is 2. The molecule has 114 valence electrons. The smallest absolute Gasteiger partial charge is 0.481 e. The predicted molar refractivity (Wildman–Crippen MR) is 56.6 cm³/mol. The maximum atomic E-state index is 11.1. The standard InChI is InChI=1S/C6H10BO12P/c8-3(9)1-6(5(11)12,19-7(13)14)2-4(10)18-20(15,16)17/h13-14H,1-2H2,(H,8,9)(H,11,12)(H2,15,16,17). The van der Waals surface area contributed by atoms with Gasteiger partial charge in [0.2, 0.25) is 0 Å². The van der Waals surface area contributed by atoms with Crippen LogP contribution in [0.15, 0.2) is 0 Å². The zero-order chi connectivity index (χ0) is 16.1. The summed E-state index contributed by atoms with van der Waals surface area (Å²) in [4.78, 5) is 49.4.